The van der Waals surface area contributed by atoms with Crippen molar-refractivity contribution in [2.45, 2.75) is 18.9 Å². The lowest BCUT2D eigenvalue weighted by molar-refractivity contribution is 0.286. The van der Waals surface area contributed by atoms with Gasteiger partial charge in [0, 0.05) is 12.6 Å². The maximum Gasteiger partial charge on any atom is 0.161 e. The molecule has 1 atom stereocenters. The Labute approximate surface area is 125 Å². The van der Waals surface area contributed by atoms with E-state index in [2.05, 4.69) is 29.6 Å². The second-order valence-corrected chi connectivity index (χ2v) is 5.24. The number of fused-ring (bicyclic) bond motifs is 1. The molecule has 0 fully saturated rings. The average Bonchev–Trinajstić information content (AvgIpc) is 2.95. The van der Waals surface area contributed by atoms with E-state index in [1.54, 1.807) is 7.11 Å². The van der Waals surface area contributed by atoms with Crippen LogP contribution in [0.5, 0.6) is 11.5 Å². The molecule has 0 aromatic heterocycles. The van der Waals surface area contributed by atoms with E-state index in [-0.39, 0.29) is 0 Å². The molecule has 0 radical (unpaired) electrons. The highest BCUT2D eigenvalue weighted by Crippen LogP contribution is 2.30. The van der Waals surface area contributed by atoms with E-state index in [0.29, 0.717) is 12.6 Å². The van der Waals surface area contributed by atoms with Crippen molar-refractivity contribution in [3.63, 3.8) is 0 Å². The van der Waals surface area contributed by atoms with Crippen LogP contribution in [0, 0.1) is 0 Å². The Kier molecular flexibility index (Phi) is 4.41. The number of nitrogens with one attached hydrogen (secondary N) is 1. The number of rotatable bonds is 6. The molecule has 3 heteroatoms. The molecular weight excluding hydrogens is 262 g/mol. The van der Waals surface area contributed by atoms with Crippen LogP contribution in [0.25, 0.3) is 0 Å². The molecule has 1 unspecified atom stereocenters. The van der Waals surface area contributed by atoms with Gasteiger partial charge >= 0.3 is 0 Å². The summed E-state index contributed by atoms with van der Waals surface area (Å²) in [5, 5.41) is 3.58. The van der Waals surface area contributed by atoms with E-state index in [0.717, 1.165) is 18.0 Å². The molecule has 2 aromatic carbocycles. The fourth-order valence-electron chi connectivity index (χ4n) is 2.90. The molecule has 2 aromatic rings. The number of hydrogen-bond acceptors (Lipinski definition) is 3. The van der Waals surface area contributed by atoms with Crippen LogP contribution in [0.15, 0.2) is 48.5 Å². The smallest absolute Gasteiger partial charge is 0.161 e. The van der Waals surface area contributed by atoms with Gasteiger partial charge in [0.05, 0.1) is 7.11 Å². The van der Waals surface area contributed by atoms with E-state index in [4.69, 9.17) is 9.47 Å². The van der Waals surface area contributed by atoms with E-state index in [1.807, 2.05) is 24.3 Å². The van der Waals surface area contributed by atoms with Crippen molar-refractivity contribution >= 4 is 0 Å². The Morgan fingerprint density at radius 3 is 2.67 bits per heavy atom. The van der Waals surface area contributed by atoms with Crippen molar-refractivity contribution in [1.29, 1.82) is 0 Å². The molecule has 0 saturated heterocycles. The highest BCUT2D eigenvalue weighted by Gasteiger charge is 2.20. The molecule has 0 bridgehead atoms. The summed E-state index contributed by atoms with van der Waals surface area (Å²) in [7, 11) is 1.66. The van der Waals surface area contributed by atoms with Gasteiger partial charge in [0.1, 0.15) is 6.61 Å². The SMILES string of the molecule is COc1ccccc1OCCNC1CCc2ccccc21. The van der Waals surface area contributed by atoms with Gasteiger partial charge < -0.3 is 14.8 Å². The van der Waals surface area contributed by atoms with Crippen LogP contribution in [0.4, 0.5) is 0 Å². The molecule has 1 N–H and O–H groups in total. The number of hydrogen-bond donors (Lipinski definition) is 1. The normalized spacial score (nSPS) is 16.5. The quantitative estimate of drug-likeness (QED) is 0.825. The topological polar surface area (TPSA) is 30.5 Å². The van der Waals surface area contributed by atoms with E-state index < -0.39 is 0 Å². The number of aryl methyl sites for hydroxylation is 1. The minimum atomic E-state index is 0.461. The zero-order chi connectivity index (χ0) is 14.5. The minimum absolute atomic E-state index is 0.461. The number of ether oxygens (including phenoxy) is 2. The Hall–Kier alpha value is -2.00. The summed E-state index contributed by atoms with van der Waals surface area (Å²) >= 11 is 0. The van der Waals surface area contributed by atoms with Crippen molar-refractivity contribution in [3.05, 3.63) is 59.7 Å². The van der Waals surface area contributed by atoms with Gasteiger partial charge in [0.15, 0.2) is 11.5 Å². The van der Waals surface area contributed by atoms with Crippen LogP contribution >= 0.6 is 0 Å². The molecule has 1 aliphatic carbocycles. The third kappa shape index (κ3) is 3.19. The molecule has 110 valence electrons. The van der Waals surface area contributed by atoms with Crippen molar-refractivity contribution < 1.29 is 9.47 Å². The van der Waals surface area contributed by atoms with E-state index in [9.17, 15) is 0 Å². The Morgan fingerprint density at radius 1 is 1.05 bits per heavy atom. The summed E-state index contributed by atoms with van der Waals surface area (Å²) in [6.07, 6.45) is 2.34. The zero-order valence-corrected chi connectivity index (χ0v) is 12.3. The van der Waals surface area contributed by atoms with Gasteiger partial charge in [0.2, 0.25) is 0 Å². The lowest BCUT2D eigenvalue weighted by atomic mass is 10.1. The monoisotopic (exact) mass is 283 g/mol. The first-order valence-corrected chi connectivity index (χ1v) is 7.45. The van der Waals surface area contributed by atoms with Crippen molar-refractivity contribution in [2.75, 3.05) is 20.3 Å². The molecule has 3 nitrogen and oxygen atoms in total. The van der Waals surface area contributed by atoms with E-state index in [1.165, 1.54) is 24.0 Å². The standard InChI is InChI=1S/C18H21NO2/c1-20-17-8-4-5-9-18(17)21-13-12-19-16-11-10-14-6-2-3-7-15(14)16/h2-9,16,19H,10-13H2,1H3. The van der Waals surface area contributed by atoms with Crippen LogP contribution in [0.3, 0.4) is 0 Å². The summed E-state index contributed by atoms with van der Waals surface area (Å²) in [6.45, 7) is 1.47. The summed E-state index contributed by atoms with van der Waals surface area (Å²) in [4.78, 5) is 0. The number of methoxy groups -OCH3 is 1. The molecule has 1 aliphatic rings. The molecular formula is C18H21NO2. The molecule has 0 heterocycles. The van der Waals surface area contributed by atoms with Crippen LogP contribution < -0.4 is 14.8 Å². The van der Waals surface area contributed by atoms with Crippen LogP contribution in [0.1, 0.15) is 23.6 Å². The Balaban J connectivity index is 1.49. The van der Waals surface area contributed by atoms with Gasteiger partial charge in [0.25, 0.3) is 0 Å². The second kappa shape index (κ2) is 6.64. The summed E-state index contributed by atoms with van der Waals surface area (Å²) in [5.41, 5.74) is 2.91. The third-order valence-corrected chi connectivity index (χ3v) is 3.95. The molecule has 3 rings (SSSR count). The van der Waals surface area contributed by atoms with Crippen LogP contribution in [-0.4, -0.2) is 20.3 Å². The van der Waals surface area contributed by atoms with Gasteiger partial charge in [-0.3, -0.25) is 0 Å². The average molecular weight is 283 g/mol. The van der Waals surface area contributed by atoms with Gasteiger partial charge in [-0.05, 0) is 36.1 Å². The van der Waals surface area contributed by atoms with Crippen LogP contribution in [0.2, 0.25) is 0 Å². The van der Waals surface area contributed by atoms with Crippen molar-refractivity contribution in [2.24, 2.45) is 0 Å². The number of para-hydroxylation sites is 2. The lowest BCUT2D eigenvalue weighted by Gasteiger charge is -2.15. The predicted molar refractivity (Wildman–Crippen MR) is 84.0 cm³/mol. The Bertz CT molecular complexity index is 597. The number of benzene rings is 2. The maximum absolute atomic E-state index is 5.79. The summed E-state index contributed by atoms with van der Waals surface area (Å²) < 4.78 is 11.1. The molecule has 21 heavy (non-hydrogen) atoms. The first kappa shape index (κ1) is 14.0. The van der Waals surface area contributed by atoms with Crippen LogP contribution in [-0.2, 0) is 6.42 Å². The lowest BCUT2D eigenvalue weighted by Crippen LogP contribution is -2.24. The summed E-state index contributed by atoms with van der Waals surface area (Å²) in [5.74, 6) is 1.58. The molecule has 0 amide bonds. The highest BCUT2D eigenvalue weighted by molar-refractivity contribution is 5.39. The summed E-state index contributed by atoms with van der Waals surface area (Å²) in [6, 6.07) is 16.9. The van der Waals surface area contributed by atoms with Crippen molar-refractivity contribution in [3.8, 4) is 11.5 Å². The first-order chi connectivity index (χ1) is 10.4. The van der Waals surface area contributed by atoms with Gasteiger partial charge in [-0.2, -0.15) is 0 Å². The fourth-order valence-corrected chi connectivity index (χ4v) is 2.90. The predicted octanol–water partition coefficient (Wildman–Crippen LogP) is 3.35. The molecule has 0 aliphatic heterocycles. The largest absolute Gasteiger partial charge is 0.493 e. The molecule has 0 saturated carbocycles. The highest BCUT2D eigenvalue weighted by atomic mass is 16.5. The fraction of sp³-hybridized carbons (Fsp3) is 0.333. The first-order valence-electron chi connectivity index (χ1n) is 7.45. The van der Waals surface area contributed by atoms with Crippen molar-refractivity contribution in [1.82, 2.24) is 5.32 Å². The maximum atomic E-state index is 5.79. The second-order valence-electron chi connectivity index (χ2n) is 5.24. The van der Waals surface area contributed by atoms with E-state index >= 15 is 0 Å². The van der Waals surface area contributed by atoms with Gasteiger partial charge in [-0.25, -0.2) is 0 Å². The van der Waals surface area contributed by atoms with Gasteiger partial charge in [-0.1, -0.05) is 36.4 Å². The third-order valence-electron chi connectivity index (χ3n) is 3.95. The zero-order valence-electron chi connectivity index (χ0n) is 12.3. The molecule has 0 spiro atoms. The Morgan fingerprint density at radius 2 is 1.81 bits per heavy atom. The van der Waals surface area contributed by atoms with Gasteiger partial charge in [-0.15, -0.1) is 0 Å². The minimum Gasteiger partial charge on any atom is -0.493 e.